The van der Waals surface area contributed by atoms with E-state index in [1.165, 1.54) is 0 Å². The van der Waals surface area contributed by atoms with Crippen LogP contribution in [0.4, 0.5) is 29.2 Å². The van der Waals surface area contributed by atoms with Gasteiger partial charge in [-0.1, -0.05) is 20.6 Å². The van der Waals surface area contributed by atoms with Crippen LogP contribution in [0.2, 0.25) is 0 Å². The summed E-state index contributed by atoms with van der Waals surface area (Å²) >= 11 is 0. The Balaban J connectivity index is 0.000000294. The summed E-state index contributed by atoms with van der Waals surface area (Å²) in [5.74, 6) is -9.86. The quantitative estimate of drug-likeness (QED) is 0.0976. The maximum absolute atomic E-state index is 13.6. The van der Waals surface area contributed by atoms with Gasteiger partial charge in [0.05, 0.1) is 5.22 Å². The Labute approximate surface area is 281 Å². The number of hydrogen-bond donors (Lipinski definition) is 0. The lowest BCUT2D eigenvalue weighted by atomic mass is 10.1. The van der Waals surface area contributed by atoms with Crippen LogP contribution in [0.15, 0.2) is 0 Å². The fraction of sp³-hybridized carbons (Fsp3) is 0.0323. The molecule has 0 radical (unpaired) electrons. The summed E-state index contributed by atoms with van der Waals surface area (Å²) in [6.45, 7) is 27.5. The van der Waals surface area contributed by atoms with Crippen molar-refractivity contribution in [1.29, 1.82) is 31.6 Å². The zero-order valence-corrected chi connectivity index (χ0v) is 23.7. The molecular weight excluding hydrogens is 672 g/mol. The van der Waals surface area contributed by atoms with Crippen molar-refractivity contribution in [1.82, 2.24) is 29.9 Å². The Morgan fingerprint density at radius 2 is 0.765 bits per heavy atom. The van der Waals surface area contributed by atoms with Crippen molar-refractivity contribution in [2.24, 2.45) is 0 Å². The van der Waals surface area contributed by atoms with Crippen molar-refractivity contribution in [3.05, 3.63) is 102 Å². The van der Waals surface area contributed by atoms with E-state index >= 15 is 0 Å². The van der Waals surface area contributed by atoms with E-state index in [1.807, 2.05) is 0 Å². The van der Waals surface area contributed by atoms with Crippen molar-refractivity contribution >= 4 is 56.1 Å². The third-order valence-electron chi connectivity index (χ3n) is 6.13. The van der Waals surface area contributed by atoms with Crippen LogP contribution in [-0.4, -0.2) is 29.9 Å². The Hall–Kier alpha value is -9.18. The Morgan fingerprint density at radius 3 is 1.04 bits per heavy atom. The van der Waals surface area contributed by atoms with E-state index in [0.29, 0.717) is 0 Å². The van der Waals surface area contributed by atoms with Crippen LogP contribution >= 0.6 is 0 Å². The standard InChI is InChI=1S/C18N12.C12F4N4.CH4/c1-23-17-9(5-21)27-13-11-12(26-8(4-20)7(3-19)25-11)14-16(15(13)29-17)30-18(24-2)10(6-22)28-14;1-19-12(20-2)7-10(15)8(13)6(5(3-17)4-18)9(14)11(7)16;/h;;1H4. The van der Waals surface area contributed by atoms with Crippen LogP contribution in [-0.2, 0) is 0 Å². The maximum Gasteiger partial charge on any atom is 0.532 e. The molecule has 0 aliphatic rings. The molecule has 0 aliphatic carbocycles. The molecule has 2 aromatic carbocycles. The van der Waals surface area contributed by atoms with Crippen LogP contribution in [0, 0.1) is 118 Å². The molecule has 0 atom stereocenters. The van der Waals surface area contributed by atoms with Gasteiger partial charge in [-0.05, 0) is 0 Å². The number of nitrogens with zero attached hydrogens (tertiary/aromatic N) is 16. The minimum Gasteiger partial charge on any atom is -0.358 e. The molecule has 16 nitrogen and oxygen atoms in total. The van der Waals surface area contributed by atoms with Gasteiger partial charge in [0.1, 0.15) is 82.4 Å². The molecule has 51 heavy (non-hydrogen) atoms. The van der Waals surface area contributed by atoms with Gasteiger partial charge in [-0.25, -0.2) is 37.5 Å². The van der Waals surface area contributed by atoms with Gasteiger partial charge >= 0.3 is 17.5 Å². The molecular formula is C31H4F4N16. The molecule has 3 aromatic heterocycles. The second kappa shape index (κ2) is 14.5. The molecule has 5 rings (SSSR count). The van der Waals surface area contributed by atoms with Crippen LogP contribution in [0.5, 0.6) is 0 Å². The number of rotatable bonds is 0. The molecule has 0 aliphatic heterocycles. The lowest BCUT2D eigenvalue weighted by Gasteiger charge is -2.06. The largest absolute Gasteiger partial charge is 0.532 e. The van der Waals surface area contributed by atoms with E-state index in [1.54, 1.807) is 24.3 Å². The van der Waals surface area contributed by atoms with Gasteiger partial charge in [-0.3, -0.25) is 0 Å². The first-order chi connectivity index (χ1) is 24.0. The van der Waals surface area contributed by atoms with Gasteiger partial charge < -0.3 is 9.69 Å². The van der Waals surface area contributed by atoms with E-state index in [0.717, 1.165) is 12.1 Å². The van der Waals surface area contributed by atoms with Gasteiger partial charge in [0.25, 0.3) is 0 Å². The summed E-state index contributed by atoms with van der Waals surface area (Å²) in [5.41, 5.74) is -2.36. The van der Waals surface area contributed by atoms with Gasteiger partial charge in [0, 0.05) is 0 Å². The highest BCUT2D eigenvalue weighted by molar-refractivity contribution is 6.18. The number of fused-ring (bicyclic) bond motifs is 6. The first kappa shape index (κ1) is 36.3. The first-order valence-corrected chi connectivity index (χ1v) is 12.3. The predicted molar refractivity (Wildman–Crippen MR) is 161 cm³/mol. The second-order valence-electron chi connectivity index (χ2n) is 8.63. The molecule has 5 aromatic rings. The van der Waals surface area contributed by atoms with Gasteiger partial charge in [0.15, 0.2) is 46.0 Å². The Bertz CT molecular complexity index is 2490. The third-order valence-corrected chi connectivity index (χ3v) is 6.13. The molecule has 0 bridgehead atoms. The SMILES string of the molecule is C.[C-]#[N+]C([N+]#[C-])=c1c(F)c(F)c(=C(C#N)C#N)c(F)c1F.[C-]#[N+]c1nc2c(nc1C#N)c1nc(C#N)c(C#N)nc1c1nc(C#N)c([N+]#[C-])nc12. The van der Waals surface area contributed by atoms with Crippen LogP contribution < -0.4 is 10.4 Å². The van der Waals surface area contributed by atoms with E-state index in [-0.39, 0.29) is 74.9 Å². The van der Waals surface area contributed by atoms with E-state index in [9.17, 15) is 38.6 Å². The average Bonchev–Trinajstić information content (AvgIpc) is 3.15. The molecule has 0 amide bonds. The molecule has 236 valence electrons. The highest BCUT2D eigenvalue weighted by Gasteiger charge is 2.27. The van der Waals surface area contributed by atoms with Gasteiger partial charge in [0.2, 0.25) is 11.0 Å². The minimum absolute atomic E-state index is 0. The Morgan fingerprint density at radius 1 is 0.471 bits per heavy atom. The molecule has 0 unspecified atom stereocenters. The lowest BCUT2D eigenvalue weighted by molar-refractivity contribution is 0.434. The zero-order chi connectivity index (χ0) is 36.9. The summed E-state index contributed by atoms with van der Waals surface area (Å²) in [5, 5.41) is 51.2. The topological polar surface area (TPSA) is 238 Å². The monoisotopic (exact) mass is 676 g/mol. The second-order valence-corrected chi connectivity index (χ2v) is 8.63. The molecule has 20 heteroatoms. The van der Waals surface area contributed by atoms with E-state index in [4.69, 9.17) is 36.8 Å². The van der Waals surface area contributed by atoms with Crippen molar-refractivity contribution in [2.45, 2.75) is 7.43 Å². The van der Waals surface area contributed by atoms with E-state index < -0.39 is 45.1 Å². The van der Waals surface area contributed by atoms with Gasteiger partial charge in [-0.15, -0.1) is 9.97 Å². The smallest absolute Gasteiger partial charge is 0.358 e. The average molecular weight is 676 g/mol. The highest BCUT2D eigenvalue weighted by atomic mass is 19.2. The van der Waals surface area contributed by atoms with Crippen molar-refractivity contribution in [2.75, 3.05) is 0 Å². The van der Waals surface area contributed by atoms with Crippen LogP contribution in [0.25, 0.3) is 63.9 Å². The third kappa shape index (κ3) is 5.82. The van der Waals surface area contributed by atoms with Crippen molar-refractivity contribution in [3.8, 4) is 36.4 Å². The lowest BCUT2D eigenvalue weighted by Crippen LogP contribution is -2.30. The van der Waals surface area contributed by atoms with E-state index in [2.05, 4.69) is 49.3 Å². The first-order valence-electron chi connectivity index (χ1n) is 12.3. The molecule has 3 heterocycles. The number of nitriles is 6. The van der Waals surface area contributed by atoms with Crippen molar-refractivity contribution in [3.63, 3.8) is 0 Å². The van der Waals surface area contributed by atoms with Gasteiger partial charge in [-0.2, -0.15) is 41.3 Å². The highest BCUT2D eigenvalue weighted by Crippen LogP contribution is 2.33. The summed E-state index contributed by atoms with van der Waals surface area (Å²) in [6, 6.07) is 9.23. The number of aromatic nitrogens is 6. The molecule has 0 saturated heterocycles. The van der Waals surface area contributed by atoms with Crippen LogP contribution in [0.3, 0.4) is 0 Å². The number of halogens is 4. The summed E-state index contributed by atoms with van der Waals surface area (Å²) < 4.78 is 54.6. The maximum atomic E-state index is 13.6. The summed E-state index contributed by atoms with van der Waals surface area (Å²) in [4.78, 5) is 36.0. The number of hydrogen-bond acceptors (Lipinski definition) is 12. The Kier molecular flexibility index (Phi) is 10.3. The minimum atomic E-state index is -2.01. The molecule has 0 fully saturated rings. The fourth-order valence-electron chi connectivity index (χ4n) is 4.06. The normalized spacial score (nSPS) is 9.22. The van der Waals surface area contributed by atoms with Crippen LogP contribution in [0.1, 0.15) is 30.2 Å². The molecule has 0 N–H and O–H groups in total. The molecule has 0 spiro atoms. The fourth-order valence-corrected chi connectivity index (χ4v) is 4.06. The van der Waals surface area contributed by atoms with Crippen molar-refractivity contribution < 1.29 is 17.6 Å². The number of benzene rings is 2. The summed E-state index contributed by atoms with van der Waals surface area (Å²) in [6.07, 6.45) is 0. The molecule has 0 saturated carbocycles. The predicted octanol–water partition coefficient (Wildman–Crippen LogP) is 4.09. The summed E-state index contributed by atoms with van der Waals surface area (Å²) in [7, 11) is 0. The zero-order valence-electron chi connectivity index (χ0n) is 23.7.